The van der Waals surface area contributed by atoms with Crippen LogP contribution in [-0.4, -0.2) is 49.3 Å². The lowest BCUT2D eigenvalue weighted by Crippen LogP contribution is -2.29. The molecule has 9 nitrogen and oxygen atoms in total. The van der Waals surface area contributed by atoms with Crippen LogP contribution in [0.25, 0.3) is 0 Å². The van der Waals surface area contributed by atoms with E-state index in [1.54, 1.807) is 0 Å². The van der Waals surface area contributed by atoms with E-state index in [1.807, 2.05) is 0 Å². The molecule has 0 aliphatic heterocycles. The van der Waals surface area contributed by atoms with Crippen LogP contribution in [-0.2, 0) is 32.7 Å². The van der Waals surface area contributed by atoms with Gasteiger partial charge in [0.15, 0.2) is 6.10 Å². The van der Waals surface area contributed by atoms with Crippen molar-refractivity contribution in [3.63, 3.8) is 0 Å². The van der Waals surface area contributed by atoms with Gasteiger partial charge in [-0.1, -0.05) is 247 Å². The summed E-state index contributed by atoms with van der Waals surface area (Å²) in [6.45, 7) is 3.59. The largest absolute Gasteiger partial charge is 0.472 e. The minimum atomic E-state index is -4.39. The number of ether oxygens (including phenoxy) is 2. The van der Waals surface area contributed by atoms with Gasteiger partial charge >= 0.3 is 19.8 Å². The van der Waals surface area contributed by atoms with Gasteiger partial charge in [-0.15, -0.1) is 0 Å². The van der Waals surface area contributed by atoms with Crippen molar-refractivity contribution in [2.45, 2.75) is 277 Å². The molecule has 0 saturated heterocycles. The molecule has 71 heavy (non-hydrogen) atoms. The van der Waals surface area contributed by atoms with E-state index in [0.717, 1.165) is 70.6 Å². The highest BCUT2D eigenvalue weighted by Crippen LogP contribution is 2.43. The molecule has 0 bridgehead atoms. The third-order valence-electron chi connectivity index (χ3n) is 12.6. The third-order valence-corrected chi connectivity index (χ3v) is 13.6. The molecule has 0 radical (unpaired) electrons. The summed E-state index contributed by atoms with van der Waals surface area (Å²) >= 11 is 0. The third kappa shape index (κ3) is 56.6. The first-order valence-corrected chi connectivity index (χ1v) is 30.9. The van der Waals surface area contributed by atoms with Crippen LogP contribution < -0.4 is 5.73 Å². The summed E-state index contributed by atoms with van der Waals surface area (Å²) in [4.78, 5) is 35.0. The zero-order valence-electron chi connectivity index (χ0n) is 45.9. The van der Waals surface area contributed by atoms with Gasteiger partial charge in [-0.3, -0.25) is 18.6 Å². The highest BCUT2D eigenvalue weighted by molar-refractivity contribution is 7.47. The van der Waals surface area contributed by atoms with Crippen LogP contribution in [0.4, 0.5) is 0 Å². The number of esters is 2. The van der Waals surface area contributed by atoms with Crippen LogP contribution in [0.1, 0.15) is 271 Å². The quantitative estimate of drug-likeness (QED) is 0.0264. The summed E-state index contributed by atoms with van der Waals surface area (Å²) in [6.07, 6.45) is 72.8. The van der Waals surface area contributed by atoms with E-state index in [9.17, 15) is 19.0 Å². The average molecular weight is 1020 g/mol. The minimum Gasteiger partial charge on any atom is -0.462 e. The summed E-state index contributed by atoms with van der Waals surface area (Å²) in [5.74, 6) is -0.857. The Labute approximate surface area is 437 Å². The van der Waals surface area contributed by atoms with Crippen LogP contribution in [0.2, 0.25) is 0 Å². The fourth-order valence-corrected chi connectivity index (χ4v) is 9.01. The molecule has 0 amide bonds. The lowest BCUT2D eigenvalue weighted by Gasteiger charge is -2.19. The number of phosphoric ester groups is 1. The Morgan fingerprint density at radius 2 is 0.775 bits per heavy atom. The van der Waals surface area contributed by atoms with Gasteiger partial charge in [-0.2, -0.15) is 0 Å². The zero-order chi connectivity index (χ0) is 51.7. The minimum absolute atomic E-state index is 0.0480. The van der Waals surface area contributed by atoms with Gasteiger partial charge in [0, 0.05) is 19.4 Å². The molecule has 0 rings (SSSR count). The smallest absolute Gasteiger partial charge is 0.462 e. The van der Waals surface area contributed by atoms with Gasteiger partial charge in [0.05, 0.1) is 13.2 Å². The van der Waals surface area contributed by atoms with E-state index in [1.165, 1.54) is 161 Å². The van der Waals surface area contributed by atoms with E-state index < -0.39 is 32.5 Å². The van der Waals surface area contributed by atoms with Gasteiger partial charge in [0.25, 0.3) is 0 Å². The Kier molecular flexibility index (Phi) is 54.7. The van der Waals surface area contributed by atoms with Crippen molar-refractivity contribution in [3.05, 3.63) is 72.9 Å². The molecule has 0 aliphatic carbocycles. The van der Waals surface area contributed by atoms with Crippen molar-refractivity contribution in [3.8, 4) is 0 Å². The number of nitrogens with two attached hydrogens (primary N) is 1. The summed E-state index contributed by atoms with van der Waals surface area (Å²) in [5.41, 5.74) is 5.37. The number of carbonyl (C=O) groups is 2. The number of phosphoric acid groups is 1. The molecular formula is C61H110NO8P. The average Bonchev–Trinajstić information content (AvgIpc) is 3.36. The normalized spacial score (nSPS) is 13.6. The van der Waals surface area contributed by atoms with Crippen molar-refractivity contribution >= 4 is 19.8 Å². The van der Waals surface area contributed by atoms with Crippen molar-refractivity contribution in [2.75, 3.05) is 26.4 Å². The standard InChI is InChI=1S/C61H110NO8P/c1-3-5-7-9-11-13-15-17-18-19-20-21-22-23-24-25-26-27-28-29-30-31-32-33-34-35-36-37-38-39-40-42-44-46-48-50-52-54-61(64)70-59(58-69-71(65,66)68-56-55-62)57-67-60(63)53-51-49-47-45-43-41-16-14-12-10-8-6-4-2/h6,8,12,14-15,17,19-20,22-23,41,43,59H,3-5,7,9-11,13,16,18,21,24-40,42,44-58,62H2,1-2H3,(H,65,66)/b8-6-,14-12-,17-15-,20-19-,23-22-,43-41-. The zero-order valence-corrected chi connectivity index (χ0v) is 46.8. The highest BCUT2D eigenvalue weighted by atomic mass is 31.2. The van der Waals surface area contributed by atoms with Gasteiger partial charge in [0.1, 0.15) is 6.61 Å². The van der Waals surface area contributed by atoms with Crippen LogP contribution in [0.15, 0.2) is 72.9 Å². The van der Waals surface area contributed by atoms with E-state index in [4.69, 9.17) is 24.3 Å². The Morgan fingerprint density at radius 3 is 1.17 bits per heavy atom. The Morgan fingerprint density at radius 1 is 0.437 bits per heavy atom. The maximum Gasteiger partial charge on any atom is 0.472 e. The maximum atomic E-state index is 12.7. The molecule has 0 saturated carbocycles. The van der Waals surface area contributed by atoms with Crippen molar-refractivity contribution in [1.82, 2.24) is 0 Å². The Hall–Kier alpha value is -2.55. The van der Waals surface area contributed by atoms with Gasteiger partial charge in [-0.25, -0.2) is 4.57 Å². The van der Waals surface area contributed by atoms with Crippen LogP contribution in [0.3, 0.4) is 0 Å². The topological polar surface area (TPSA) is 134 Å². The monoisotopic (exact) mass is 1020 g/mol. The first-order chi connectivity index (χ1) is 34.8. The molecular weight excluding hydrogens is 906 g/mol. The molecule has 412 valence electrons. The lowest BCUT2D eigenvalue weighted by molar-refractivity contribution is -0.161. The van der Waals surface area contributed by atoms with Crippen molar-refractivity contribution in [1.29, 1.82) is 0 Å². The molecule has 0 aromatic carbocycles. The second-order valence-corrected chi connectivity index (χ2v) is 20.9. The molecule has 0 aromatic heterocycles. The molecule has 10 heteroatoms. The number of hydrogen-bond acceptors (Lipinski definition) is 8. The van der Waals surface area contributed by atoms with Crippen molar-refractivity contribution in [2.24, 2.45) is 5.73 Å². The molecule has 0 heterocycles. The summed E-state index contributed by atoms with van der Waals surface area (Å²) in [6, 6.07) is 0. The summed E-state index contributed by atoms with van der Waals surface area (Å²) < 4.78 is 32.9. The predicted octanol–water partition coefficient (Wildman–Crippen LogP) is 18.5. The van der Waals surface area contributed by atoms with Gasteiger partial charge in [-0.05, 0) is 83.5 Å². The molecule has 0 fully saturated rings. The Bertz CT molecular complexity index is 1390. The first-order valence-electron chi connectivity index (χ1n) is 29.4. The fourth-order valence-electron chi connectivity index (χ4n) is 8.25. The molecule has 0 spiro atoms. The highest BCUT2D eigenvalue weighted by Gasteiger charge is 2.26. The van der Waals surface area contributed by atoms with E-state index in [2.05, 4.69) is 86.8 Å². The second kappa shape index (κ2) is 56.7. The number of hydrogen-bond donors (Lipinski definition) is 2. The second-order valence-electron chi connectivity index (χ2n) is 19.5. The van der Waals surface area contributed by atoms with Gasteiger partial charge < -0.3 is 20.1 Å². The molecule has 2 unspecified atom stereocenters. The number of allylic oxidation sites excluding steroid dienone is 12. The number of unbranched alkanes of at least 4 members (excludes halogenated alkanes) is 30. The van der Waals surface area contributed by atoms with E-state index in [0.29, 0.717) is 12.8 Å². The van der Waals surface area contributed by atoms with Crippen LogP contribution >= 0.6 is 7.82 Å². The molecule has 2 atom stereocenters. The van der Waals surface area contributed by atoms with Crippen molar-refractivity contribution < 1.29 is 37.6 Å². The number of carbonyl (C=O) groups excluding carboxylic acids is 2. The Balaban J connectivity index is 3.81. The molecule has 0 aliphatic rings. The predicted molar refractivity (Wildman–Crippen MR) is 302 cm³/mol. The lowest BCUT2D eigenvalue weighted by atomic mass is 10.0. The number of rotatable bonds is 55. The van der Waals surface area contributed by atoms with E-state index >= 15 is 0 Å². The van der Waals surface area contributed by atoms with Gasteiger partial charge in [0.2, 0.25) is 0 Å². The fraction of sp³-hybridized carbons (Fsp3) is 0.770. The SMILES string of the molecule is CC/C=C\C/C=C\C/C=C\CCCCCC(=O)OCC(COP(=O)(O)OCCN)OC(=O)CCCCCCCCCCCCCCCCCCCCCCCC/C=C\C/C=C\C/C=C\CCCCCCC. The maximum absolute atomic E-state index is 12.7. The van der Waals surface area contributed by atoms with Crippen LogP contribution in [0, 0.1) is 0 Å². The summed E-state index contributed by atoms with van der Waals surface area (Å²) in [5, 5.41) is 0. The molecule has 3 N–H and O–H groups in total. The molecule has 0 aromatic rings. The summed E-state index contributed by atoms with van der Waals surface area (Å²) in [7, 11) is -4.39. The first kappa shape index (κ1) is 68.5. The van der Waals surface area contributed by atoms with E-state index in [-0.39, 0.29) is 32.6 Å². The van der Waals surface area contributed by atoms with Crippen LogP contribution in [0.5, 0.6) is 0 Å².